The minimum Gasteiger partial charge on any atom is -0.370 e. The molecule has 4 N–H and O–H groups in total. The molecule has 1 heterocycles. The van der Waals surface area contributed by atoms with Crippen molar-refractivity contribution in [3.05, 3.63) is 6.07 Å². The predicted molar refractivity (Wildman–Crippen MR) is 73.2 cm³/mol. The van der Waals surface area contributed by atoms with E-state index in [2.05, 4.69) is 34.4 Å². The average molecular weight is 237 g/mol. The second-order valence-corrected chi connectivity index (χ2v) is 4.21. The van der Waals surface area contributed by atoms with Gasteiger partial charge in [-0.15, -0.1) is 0 Å². The van der Waals surface area contributed by atoms with Gasteiger partial charge in [-0.05, 0) is 20.3 Å². The van der Waals surface area contributed by atoms with Crippen molar-refractivity contribution in [2.45, 2.75) is 46.1 Å². The molecule has 1 rings (SSSR count). The Morgan fingerprint density at radius 3 is 2.65 bits per heavy atom. The van der Waals surface area contributed by atoms with Gasteiger partial charge in [-0.25, -0.2) is 0 Å². The van der Waals surface area contributed by atoms with Crippen molar-refractivity contribution in [1.82, 2.24) is 9.97 Å². The first-order chi connectivity index (χ1) is 8.15. The first-order valence-electron chi connectivity index (χ1n) is 6.30. The van der Waals surface area contributed by atoms with Crippen molar-refractivity contribution in [3.63, 3.8) is 0 Å². The van der Waals surface area contributed by atoms with E-state index < -0.39 is 0 Å². The maximum Gasteiger partial charge on any atom is 0.223 e. The summed E-state index contributed by atoms with van der Waals surface area (Å²) in [6.07, 6.45) is 3.56. The van der Waals surface area contributed by atoms with E-state index in [-0.39, 0.29) is 0 Å². The molecule has 1 atom stereocenters. The topological polar surface area (TPSA) is 75.9 Å². The molecule has 0 saturated heterocycles. The number of nitrogen functional groups attached to an aromatic ring is 1. The molecule has 5 heteroatoms. The Hall–Kier alpha value is -1.52. The molecule has 0 saturated carbocycles. The molecule has 0 aliphatic carbocycles. The fourth-order valence-electron chi connectivity index (χ4n) is 1.65. The Kier molecular flexibility index (Phi) is 5.52. The zero-order chi connectivity index (χ0) is 12.7. The summed E-state index contributed by atoms with van der Waals surface area (Å²) in [6.45, 7) is 7.19. The highest BCUT2D eigenvalue weighted by molar-refractivity contribution is 5.51. The second-order valence-electron chi connectivity index (χ2n) is 4.21. The van der Waals surface area contributed by atoms with Crippen LogP contribution < -0.4 is 16.4 Å². The van der Waals surface area contributed by atoms with Gasteiger partial charge >= 0.3 is 0 Å². The molecule has 0 aliphatic heterocycles. The van der Waals surface area contributed by atoms with E-state index in [4.69, 9.17) is 5.73 Å². The minimum atomic E-state index is 0.300. The first-order valence-corrected chi connectivity index (χ1v) is 6.30. The second kappa shape index (κ2) is 6.93. The summed E-state index contributed by atoms with van der Waals surface area (Å²) in [4.78, 5) is 8.29. The van der Waals surface area contributed by atoms with Crippen LogP contribution in [0.2, 0.25) is 0 Å². The van der Waals surface area contributed by atoms with Crippen molar-refractivity contribution in [2.75, 3.05) is 22.9 Å². The Bertz CT molecular complexity index is 340. The van der Waals surface area contributed by atoms with Crippen LogP contribution in [0.1, 0.15) is 40.0 Å². The summed E-state index contributed by atoms with van der Waals surface area (Å²) < 4.78 is 0. The Balaban J connectivity index is 2.63. The smallest absolute Gasteiger partial charge is 0.223 e. The van der Waals surface area contributed by atoms with Gasteiger partial charge in [0.15, 0.2) is 0 Å². The van der Waals surface area contributed by atoms with Crippen molar-refractivity contribution < 1.29 is 0 Å². The number of nitrogens with two attached hydrogens (primary N) is 1. The third-order valence-electron chi connectivity index (χ3n) is 2.49. The summed E-state index contributed by atoms with van der Waals surface area (Å²) in [5, 5.41) is 6.48. The number of hydrogen-bond donors (Lipinski definition) is 3. The quantitative estimate of drug-likeness (QED) is 0.679. The molecule has 1 aromatic rings. The van der Waals surface area contributed by atoms with Crippen molar-refractivity contribution in [3.8, 4) is 0 Å². The molecule has 96 valence electrons. The van der Waals surface area contributed by atoms with Crippen LogP contribution in [0.5, 0.6) is 0 Å². The van der Waals surface area contributed by atoms with E-state index in [0.29, 0.717) is 12.0 Å². The van der Waals surface area contributed by atoms with E-state index >= 15 is 0 Å². The van der Waals surface area contributed by atoms with Gasteiger partial charge in [0.25, 0.3) is 0 Å². The van der Waals surface area contributed by atoms with Gasteiger partial charge in [-0.1, -0.05) is 19.8 Å². The van der Waals surface area contributed by atoms with Gasteiger partial charge in [-0.2, -0.15) is 9.97 Å². The van der Waals surface area contributed by atoms with E-state index in [1.54, 1.807) is 0 Å². The molecule has 0 amide bonds. The van der Waals surface area contributed by atoms with Crippen LogP contribution in [0.4, 0.5) is 17.6 Å². The number of rotatable bonds is 7. The number of nitrogens with zero attached hydrogens (tertiary/aromatic N) is 2. The van der Waals surface area contributed by atoms with Crippen molar-refractivity contribution >= 4 is 17.6 Å². The van der Waals surface area contributed by atoms with Crippen molar-refractivity contribution in [2.24, 2.45) is 0 Å². The van der Waals surface area contributed by atoms with Gasteiger partial charge < -0.3 is 16.4 Å². The van der Waals surface area contributed by atoms with Gasteiger partial charge in [-0.3, -0.25) is 0 Å². The molecule has 0 fully saturated rings. The molecule has 0 radical (unpaired) electrons. The Labute approximate surface area is 103 Å². The summed E-state index contributed by atoms with van der Waals surface area (Å²) >= 11 is 0. The molecular weight excluding hydrogens is 214 g/mol. The lowest BCUT2D eigenvalue weighted by molar-refractivity contribution is 0.643. The predicted octanol–water partition coefficient (Wildman–Crippen LogP) is 2.48. The van der Waals surface area contributed by atoms with Gasteiger partial charge in [0.2, 0.25) is 5.95 Å². The fraction of sp³-hybridized carbons (Fsp3) is 0.667. The molecule has 17 heavy (non-hydrogen) atoms. The lowest BCUT2D eigenvalue weighted by atomic mass is 10.1. The third kappa shape index (κ3) is 4.89. The monoisotopic (exact) mass is 237 g/mol. The molecule has 0 aliphatic rings. The summed E-state index contributed by atoms with van der Waals surface area (Å²) in [6, 6.07) is 2.29. The Morgan fingerprint density at radius 1 is 1.29 bits per heavy atom. The lowest BCUT2D eigenvalue weighted by Crippen LogP contribution is -2.17. The van der Waals surface area contributed by atoms with E-state index in [9.17, 15) is 0 Å². The van der Waals surface area contributed by atoms with Crippen LogP contribution in [0.3, 0.4) is 0 Å². The Morgan fingerprint density at radius 2 is 2.00 bits per heavy atom. The average Bonchev–Trinajstić information content (AvgIpc) is 2.26. The highest BCUT2D eigenvalue weighted by Crippen LogP contribution is 2.14. The highest BCUT2D eigenvalue weighted by atomic mass is 15.1. The summed E-state index contributed by atoms with van der Waals surface area (Å²) in [7, 11) is 0. The van der Waals surface area contributed by atoms with E-state index in [1.807, 2.05) is 13.0 Å². The number of unbranched alkanes of at least 4 members (excludes halogenated alkanes) is 1. The van der Waals surface area contributed by atoms with Crippen LogP contribution in [-0.2, 0) is 0 Å². The maximum atomic E-state index is 5.66. The number of anilines is 3. The molecular formula is C12H23N5. The number of nitrogens with one attached hydrogen (secondary N) is 2. The highest BCUT2D eigenvalue weighted by Gasteiger charge is 2.05. The first kappa shape index (κ1) is 13.5. The van der Waals surface area contributed by atoms with Gasteiger partial charge in [0.1, 0.15) is 11.6 Å². The molecule has 0 aromatic carbocycles. The molecule has 0 spiro atoms. The van der Waals surface area contributed by atoms with Gasteiger partial charge in [0.05, 0.1) is 0 Å². The van der Waals surface area contributed by atoms with Crippen LogP contribution >= 0.6 is 0 Å². The fourth-order valence-corrected chi connectivity index (χ4v) is 1.65. The summed E-state index contributed by atoms with van der Waals surface area (Å²) in [5.74, 6) is 1.86. The largest absolute Gasteiger partial charge is 0.370 e. The molecule has 1 unspecified atom stereocenters. The summed E-state index contributed by atoms with van der Waals surface area (Å²) in [5.41, 5.74) is 5.66. The van der Waals surface area contributed by atoms with Crippen LogP contribution in [0.15, 0.2) is 6.07 Å². The SMILES string of the molecule is CCCCC(C)Nc1cc(NCC)nc(N)n1. The van der Waals surface area contributed by atoms with E-state index in [0.717, 1.165) is 24.6 Å². The van der Waals surface area contributed by atoms with Crippen LogP contribution in [0, 0.1) is 0 Å². The number of hydrogen-bond acceptors (Lipinski definition) is 5. The number of aromatic nitrogens is 2. The molecule has 5 nitrogen and oxygen atoms in total. The van der Waals surface area contributed by atoms with Crippen LogP contribution in [0.25, 0.3) is 0 Å². The van der Waals surface area contributed by atoms with Crippen LogP contribution in [-0.4, -0.2) is 22.6 Å². The maximum absolute atomic E-state index is 5.66. The van der Waals surface area contributed by atoms with Gasteiger partial charge in [0, 0.05) is 18.7 Å². The molecule has 0 bridgehead atoms. The zero-order valence-corrected chi connectivity index (χ0v) is 11.0. The zero-order valence-electron chi connectivity index (χ0n) is 11.0. The normalized spacial score (nSPS) is 12.2. The lowest BCUT2D eigenvalue weighted by Gasteiger charge is -2.15. The standard InChI is InChI=1S/C12H23N5/c1-4-6-7-9(3)15-11-8-10(14-5-2)16-12(13)17-11/h8-9H,4-7H2,1-3H3,(H4,13,14,15,16,17). The minimum absolute atomic E-state index is 0.300. The molecule has 1 aromatic heterocycles. The van der Waals surface area contributed by atoms with Crippen molar-refractivity contribution in [1.29, 1.82) is 0 Å². The van der Waals surface area contributed by atoms with E-state index in [1.165, 1.54) is 12.8 Å². The third-order valence-corrected chi connectivity index (χ3v) is 2.49.